The zero-order chi connectivity index (χ0) is 11.6. The number of phosphoric ester groups is 1. The second-order valence-electron chi connectivity index (χ2n) is 3.55. The molecule has 0 amide bonds. The molecule has 1 N–H and O–H groups in total. The first kappa shape index (κ1) is 19.7. The molecule has 0 unspecified atom stereocenters. The van der Waals surface area contributed by atoms with Gasteiger partial charge in [-0.05, 0) is 12.8 Å². The van der Waals surface area contributed by atoms with E-state index in [1.807, 2.05) is 0 Å². The molecule has 0 rings (SSSR count). The molecular weight excluding hydrogens is 255 g/mol. The Balaban J connectivity index is 0. The quantitative estimate of drug-likeness (QED) is 0.379. The van der Waals surface area contributed by atoms with Crippen LogP contribution in [0.25, 0.3) is 0 Å². The van der Waals surface area contributed by atoms with Crippen molar-refractivity contribution < 1.29 is 18.5 Å². The maximum absolute atomic E-state index is 11.3. The fraction of sp³-hybridized carbons (Fsp3) is 1.00. The van der Waals surface area contributed by atoms with Crippen LogP contribution in [0.15, 0.2) is 0 Å². The predicted octanol–water partition coefficient (Wildman–Crippen LogP) is 2.58. The summed E-state index contributed by atoms with van der Waals surface area (Å²) < 4.78 is 20.9. The molecule has 0 spiro atoms. The van der Waals surface area contributed by atoms with Gasteiger partial charge in [-0.1, -0.05) is 39.5 Å². The number of rotatable bonds is 10. The summed E-state index contributed by atoms with van der Waals surface area (Å²) in [6, 6.07) is 0. The summed E-state index contributed by atoms with van der Waals surface area (Å²) in [7, 11) is -3.77. The van der Waals surface area contributed by atoms with Gasteiger partial charge >= 0.3 is 45.6 Å². The summed E-state index contributed by atoms with van der Waals surface area (Å²) in [5, 5.41) is 0. The van der Waals surface area contributed by atoms with Crippen LogP contribution in [0, 0.1) is 0 Å². The van der Waals surface area contributed by atoms with E-state index in [1.165, 1.54) is 0 Å². The fourth-order valence-electron chi connectivity index (χ4n) is 1.10. The zero-order valence-electron chi connectivity index (χ0n) is 9.78. The molecule has 0 aromatic heterocycles. The van der Waals surface area contributed by atoms with Crippen LogP contribution in [0.5, 0.6) is 0 Å². The Bertz CT molecular complexity index is 174. The minimum absolute atomic E-state index is 0. The van der Waals surface area contributed by atoms with Gasteiger partial charge < -0.3 is 4.89 Å². The van der Waals surface area contributed by atoms with Gasteiger partial charge in [0.1, 0.15) is 0 Å². The Labute approximate surface area is 129 Å². The molecule has 0 radical (unpaired) electrons. The van der Waals surface area contributed by atoms with Crippen LogP contribution < -0.4 is 0 Å². The van der Waals surface area contributed by atoms with Crippen LogP contribution in [-0.4, -0.2) is 55.8 Å². The van der Waals surface area contributed by atoms with Crippen molar-refractivity contribution in [2.24, 2.45) is 0 Å². The van der Waals surface area contributed by atoms with Crippen LogP contribution in [0.3, 0.4) is 0 Å². The van der Waals surface area contributed by atoms with E-state index < -0.39 is 7.82 Å². The molecular formula is C10H25CaO4P. The topological polar surface area (TPSA) is 55.8 Å². The molecule has 0 bridgehead atoms. The van der Waals surface area contributed by atoms with Crippen molar-refractivity contribution in [1.82, 2.24) is 0 Å². The van der Waals surface area contributed by atoms with Crippen molar-refractivity contribution in [3.8, 4) is 0 Å². The summed E-state index contributed by atoms with van der Waals surface area (Å²) in [6.45, 7) is 4.74. The third-order valence-electron chi connectivity index (χ3n) is 2.00. The maximum atomic E-state index is 11.3. The van der Waals surface area contributed by atoms with Gasteiger partial charge in [0.05, 0.1) is 13.2 Å². The predicted molar refractivity (Wildman–Crippen MR) is 69.3 cm³/mol. The number of hydrogen-bond donors (Lipinski definition) is 1. The van der Waals surface area contributed by atoms with Gasteiger partial charge in [-0.3, -0.25) is 9.05 Å². The van der Waals surface area contributed by atoms with E-state index in [2.05, 4.69) is 13.8 Å². The standard InChI is InChI=1S/C10H23O4P.Ca.2H/c1-3-5-7-9-13-15(11,12)14-10-8-6-4-2;;;/h3-10H2,1-2H3,(H,11,12);;;. The molecule has 0 saturated carbocycles. The molecule has 6 heteroatoms. The Hall–Kier alpha value is 1.37. The van der Waals surface area contributed by atoms with E-state index in [0.29, 0.717) is 13.2 Å². The molecule has 0 aromatic rings. The fourth-order valence-corrected chi connectivity index (χ4v) is 1.90. The second-order valence-corrected chi connectivity index (χ2v) is 5.00. The molecule has 0 fully saturated rings. The van der Waals surface area contributed by atoms with Gasteiger partial charge in [0, 0.05) is 0 Å². The van der Waals surface area contributed by atoms with Crippen LogP contribution in [0.1, 0.15) is 52.4 Å². The molecule has 0 saturated heterocycles. The van der Waals surface area contributed by atoms with Crippen LogP contribution in [0.2, 0.25) is 0 Å². The first-order valence-electron chi connectivity index (χ1n) is 5.74. The zero-order valence-corrected chi connectivity index (χ0v) is 10.7. The van der Waals surface area contributed by atoms with Gasteiger partial charge in [0.15, 0.2) is 0 Å². The van der Waals surface area contributed by atoms with Gasteiger partial charge in [0.25, 0.3) is 0 Å². The normalized spacial score (nSPS) is 11.2. The average molecular weight is 280 g/mol. The summed E-state index contributed by atoms with van der Waals surface area (Å²) >= 11 is 0. The van der Waals surface area contributed by atoms with E-state index >= 15 is 0 Å². The second kappa shape index (κ2) is 12.8. The molecule has 0 aliphatic heterocycles. The summed E-state index contributed by atoms with van der Waals surface area (Å²) in [5.41, 5.74) is 0. The van der Waals surface area contributed by atoms with Crippen molar-refractivity contribution >= 4 is 45.6 Å². The molecule has 0 atom stereocenters. The summed E-state index contributed by atoms with van der Waals surface area (Å²) in [6.07, 6.45) is 5.76. The van der Waals surface area contributed by atoms with E-state index in [0.717, 1.165) is 38.5 Å². The van der Waals surface area contributed by atoms with E-state index in [-0.39, 0.29) is 37.7 Å². The van der Waals surface area contributed by atoms with Crippen molar-refractivity contribution in [3.05, 3.63) is 0 Å². The molecule has 4 nitrogen and oxygen atoms in total. The number of hydrogen-bond acceptors (Lipinski definition) is 3. The van der Waals surface area contributed by atoms with E-state index in [1.54, 1.807) is 0 Å². The Kier molecular flexibility index (Phi) is 15.8. The minimum atomic E-state index is -3.77. The Morgan fingerprint density at radius 3 is 1.62 bits per heavy atom. The van der Waals surface area contributed by atoms with Crippen LogP contribution in [-0.2, 0) is 13.6 Å². The third kappa shape index (κ3) is 13.4. The molecule has 0 aromatic carbocycles. The molecule has 0 aliphatic carbocycles. The van der Waals surface area contributed by atoms with Crippen molar-refractivity contribution in [3.63, 3.8) is 0 Å². The first-order chi connectivity index (χ1) is 7.12. The average Bonchev–Trinajstić information content (AvgIpc) is 2.20. The number of unbranched alkanes of at least 4 members (excludes halogenated alkanes) is 4. The van der Waals surface area contributed by atoms with Gasteiger partial charge in [0.2, 0.25) is 0 Å². The summed E-state index contributed by atoms with van der Waals surface area (Å²) in [5.74, 6) is 0. The monoisotopic (exact) mass is 280 g/mol. The Morgan fingerprint density at radius 1 is 0.938 bits per heavy atom. The van der Waals surface area contributed by atoms with Gasteiger partial charge in [-0.25, -0.2) is 4.57 Å². The van der Waals surface area contributed by atoms with E-state index in [4.69, 9.17) is 9.05 Å². The molecule has 16 heavy (non-hydrogen) atoms. The van der Waals surface area contributed by atoms with Crippen molar-refractivity contribution in [2.45, 2.75) is 52.4 Å². The van der Waals surface area contributed by atoms with Gasteiger partial charge in [-0.15, -0.1) is 0 Å². The van der Waals surface area contributed by atoms with Crippen molar-refractivity contribution in [2.75, 3.05) is 13.2 Å². The molecule has 0 heterocycles. The first-order valence-corrected chi connectivity index (χ1v) is 7.23. The molecule has 0 aliphatic rings. The number of phosphoric acid groups is 1. The SMILES string of the molecule is CCCCCOP(=O)(O)OCCCCC.[CaH2]. The van der Waals surface area contributed by atoms with E-state index in [9.17, 15) is 9.46 Å². The van der Waals surface area contributed by atoms with Gasteiger partial charge in [-0.2, -0.15) is 0 Å². The van der Waals surface area contributed by atoms with Crippen LogP contribution in [0.4, 0.5) is 0 Å². The third-order valence-corrected chi connectivity index (χ3v) is 3.02. The van der Waals surface area contributed by atoms with Crippen LogP contribution >= 0.6 is 7.82 Å². The summed E-state index contributed by atoms with van der Waals surface area (Å²) in [4.78, 5) is 9.22. The van der Waals surface area contributed by atoms with Crippen molar-refractivity contribution in [1.29, 1.82) is 0 Å². The molecule has 96 valence electrons. The Morgan fingerprint density at radius 2 is 1.31 bits per heavy atom.